The van der Waals surface area contributed by atoms with Crippen molar-refractivity contribution in [2.45, 2.75) is 83.7 Å². The van der Waals surface area contributed by atoms with Gasteiger partial charge in [-0.3, -0.25) is 0 Å². The molecule has 0 radical (unpaired) electrons. The summed E-state index contributed by atoms with van der Waals surface area (Å²) in [5.41, 5.74) is 1.36. The molecule has 0 aromatic heterocycles. The minimum Gasteiger partial charge on any atom is -0.396 e. The molecule has 1 rings (SSSR count). The molecule has 0 bridgehead atoms. The summed E-state index contributed by atoms with van der Waals surface area (Å²) in [5, 5.41) is 8.90. The van der Waals surface area contributed by atoms with Crippen molar-refractivity contribution in [1.29, 1.82) is 0 Å². The Morgan fingerprint density at radius 1 is 0.870 bits per heavy atom. The number of rotatable bonds is 15. The molecule has 0 heterocycles. The van der Waals surface area contributed by atoms with Gasteiger partial charge in [-0.2, -0.15) is 0 Å². The Balaban J connectivity index is 2.23. The normalized spacial score (nSPS) is 12.4. The number of benzene rings is 1. The summed E-state index contributed by atoms with van der Waals surface area (Å²) in [7, 11) is 0. The first-order valence-electron chi connectivity index (χ1n) is 9.63. The van der Waals surface area contributed by atoms with E-state index in [4.69, 9.17) is 9.84 Å². The molecular weight excluding hydrogens is 284 g/mol. The molecule has 2 nitrogen and oxygen atoms in total. The molecule has 0 amide bonds. The summed E-state index contributed by atoms with van der Waals surface area (Å²) >= 11 is 0. The van der Waals surface area contributed by atoms with Gasteiger partial charge in [-0.05, 0) is 31.2 Å². The monoisotopic (exact) mass is 320 g/mol. The maximum absolute atomic E-state index is 8.90. The van der Waals surface area contributed by atoms with Gasteiger partial charge in [-0.15, -0.1) is 0 Å². The Kier molecular flexibility index (Phi) is 12.9. The van der Waals surface area contributed by atoms with Crippen LogP contribution >= 0.6 is 0 Å². The third kappa shape index (κ3) is 11.3. The van der Waals surface area contributed by atoms with Crippen LogP contribution in [-0.2, 0) is 11.2 Å². The van der Waals surface area contributed by atoms with Gasteiger partial charge in [0, 0.05) is 13.2 Å². The van der Waals surface area contributed by atoms with Gasteiger partial charge >= 0.3 is 0 Å². The van der Waals surface area contributed by atoms with Crippen molar-refractivity contribution in [2.75, 3.05) is 13.2 Å². The van der Waals surface area contributed by atoms with Crippen molar-refractivity contribution in [3.63, 3.8) is 0 Å². The summed E-state index contributed by atoms with van der Waals surface area (Å²) in [4.78, 5) is 0. The van der Waals surface area contributed by atoms with Crippen LogP contribution in [0.1, 0.15) is 76.7 Å². The first-order valence-corrected chi connectivity index (χ1v) is 9.63. The molecule has 1 unspecified atom stereocenters. The maximum Gasteiger partial charge on any atom is 0.0615 e. The maximum atomic E-state index is 8.90. The van der Waals surface area contributed by atoms with Crippen LogP contribution in [0.4, 0.5) is 0 Å². The van der Waals surface area contributed by atoms with Crippen molar-refractivity contribution in [1.82, 2.24) is 0 Å². The highest BCUT2D eigenvalue weighted by molar-refractivity contribution is 5.15. The molecule has 2 heteroatoms. The fourth-order valence-electron chi connectivity index (χ4n) is 2.91. The van der Waals surface area contributed by atoms with Crippen LogP contribution in [0.5, 0.6) is 0 Å². The summed E-state index contributed by atoms with van der Waals surface area (Å²) in [6.45, 7) is 3.46. The third-order valence-corrected chi connectivity index (χ3v) is 4.34. The molecule has 1 aromatic rings. The van der Waals surface area contributed by atoms with Gasteiger partial charge in [0.05, 0.1) is 6.10 Å². The van der Waals surface area contributed by atoms with Gasteiger partial charge in [0.2, 0.25) is 0 Å². The van der Waals surface area contributed by atoms with Crippen LogP contribution in [0.3, 0.4) is 0 Å². The Labute approximate surface area is 143 Å². The lowest BCUT2D eigenvalue weighted by Crippen LogP contribution is -2.17. The zero-order valence-electron chi connectivity index (χ0n) is 15.0. The zero-order chi connectivity index (χ0) is 16.6. The second-order valence-electron chi connectivity index (χ2n) is 6.52. The SMILES string of the molecule is CCCCCCCCOC(CCCCCO)Cc1ccccc1. The van der Waals surface area contributed by atoms with E-state index in [9.17, 15) is 0 Å². The van der Waals surface area contributed by atoms with Crippen LogP contribution in [0.25, 0.3) is 0 Å². The topological polar surface area (TPSA) is 29.5 Å². The summed E-state index contributed by atoms with van der Waals surface area (Å²) < 4.78 is 6.17. The summed E-state index contributed by atoms with van der Waals surface area (Å²) in [5.74, 6) is 0. The first kappa shape index (κ1) is 20.2. The largest absolute Gasteiger partial charge is 0.396 e. The number of unbranched alkanes of at least 4 members (excludes halogenated alkanes) is 7. The molecule has 0 aliphatic heterocycles. The van der Waals surface area contributed by atoms with Crippen molar-refractivity contribution in [3.05, 3.63) is 35.9 Å². The van der Waals surface area contributed by atoms with E-state index in [1.807, 2.05) is 0 Å². The van der Waals surface area contributed by atoms with Crippen molar-refractivity contribution >= 4 is 0 Å². The molecule has 0 spiro atoms. The van der Waals surface area contributed by atoms with Crippen molar-refractivity contribution < 1.29 is 9.84 Å². The van der Waals surface area contributed by atoms with E-state index in [1.165, 1.54) is 44.1 Å². The van der Waals surface area contributed by atoms with Crippen LogP contribution in [0, 0.1) is 0 Å². The highest BCUT2D eigenvalue weighted by atomic mass is 16.5. The highest BCUT2D eigenvalue weighted by Crippen LogP contribution is 2.14. The molecule has 1 N–H and O–H groups in total. The smallest absolute Gasteiger partial charge is 0.0615 e. The van der Waals surface area contributed by atoms with E-state index in [2.05, 4.69) is 37.3 Å². The van der Waals surface area contributed by atoms with E-state index >= 15 is 0 Å². The Morgan fingerprint density at radius 3 is 2.30 bits per heavy atom. The molecule has 0 saturated carbocycles. The average Bonchev–Trinajstić information content (AvgIpc) is 2.58. The molecule has 0 aliphatic rings. The fraction of sp³-hybridized carbons (Fsp3) is 0.714. The van der Waals surface area contributed by atoms with Gasteiger partial charge in [-0.25, -0.2) is 0 Å². The molecule has 1 aromatic carbocycles. The number of aliphatic hydroxyl groups is 1. The van der Waals surface area contributed by atoms with Crippen LogP contribution in [0.15, 0.2) is 30.3 Å². The number of ether oxygens (including phenoxy) is 1. The Morgan fingerprint density at radius 2 is 1.57 bits per heavy atom. The van der Waals surface area contributed by atoms with Crippen LogP contribution in [-0.4, -0.2) is 24.4 Å². The summed E-state index contributed by atoms with van der Waals surface area (Å²) in [6, 6.07) is 10.7. The lowest BCUT2D eigenvalue weighted by molar-refractivity contribution is 0.0431. The van der Waals surface area contributed by atoms with E-state index < -0.39 is 0 Å². The standard InChI is InChI=1S/C21H36O2/c1-2-3-4-5-6-13-18-23-21(16-11-8-12-17-22)19-20-14-9-7-10-15-20/h7,9-10,14-15,21-22H,2-6,8,11-13,16-19H2,1H3. The predicted molar refractivity (Wildman–Crippen MR) is 98.8 cm³/mol. The Hall–Kier alpha value is -0.860. The number of hydrogen-bond acceptors (Lipinski definition) is 2. The van der Waals surface area contributed by atoms with Gasteiger partial charge in [0.25, 0.3) is 0 Å². The van der Waals surface area contributed by atoms with E-state index in [0.29, 0.717) is 12.7 Å². The molecule has 1 atom stereocenters. The number of aliphatic hydroxyl groups excluding tert-OH is 1. The summed E-state index contributed by atoms with van der Waals surface area (Å²) in [6.07, 6.45) is 13.5. The third-order valence-electron chi connectivity index (χ3n) is 4.34. The predicted octanol–water partition coefficient (Wildman–Crippen LogP) is 5.53. The van der Waals surface area contributed by atoms with Crippen LogP contribution < -0.4 is 0 Å². The molecule has 0 saturated heterocycles. The van der Waals surface area contributed by atoms with E-state index in [1.54, 1.807) is 0 Å². The molecular formula is C21H36O2. The van der Waals surface area contributed by atoms with E-state index in [-0.39, 0.29) is 0 Å². The van der Waals surface area contributed by atoms with Crippen LogP contribution in [0.2, 0.25) is 0 Å². The highest BCUT2D eigenvalue weighted by Gasteiger charge is 2.10. The van der Waals surface area contributed by atoms with Gasteiger partial charge in [-0.1, -0.05) is 82.2 Å². The number of hydrogen-bond donors (Lipinski definition) is 1. The molecule has 0 aliphatic carbocycles. The second kappa shape index (κ2) is 14.7. The second-order valence-corrected chi connectivity index (χ2v) is 6.52. The fourth-order valence-corrected chi connectivity index (χ4v) is 2.91. The molecule has 0 fully saturated rings. The first-order chi connectivity index (χ1) is 11.4. The van der Waals surface area contributed by atoms with Gasteiger partial charge in [0.15, 0.2) is 0 Å². The Bertz CT molecular complexity index is 350. The zero-order valence-corrected chi connectivity index (χ0v) is 15.0. The lowest BCUT2D eigenvalue weighted by atomic mass is 10.0. The van der Waals surface area contributed by atoms with Crippen molar-refractivity contribution in [2.24, 2.45) is 0 Å². The van der Waals surface area contributed by atoms with Crippen molar-refractivity contribution in [3.8, 4) is 0 Å². The average molecular weight is 321 g/mol. The minimum atomic E-state index is 0.308. The molecule has 132 valence electrons. The lowest BCUT2D eigenvalue weighted by Gasteiger charge is -2.18. The van der Waals surface area contributed by atoms with E-state index in [0.717, 1.165) is 38.7 Å². The van der Waals surface area contributed by atoms with Gasteiger partial charge in [0.1, 0.15) is 0 Å². The van der Waals surface area contributed by atoms with Gasteiger partial charge < -0.3 is 9.84 Å². The molecule has 23 heavy (non-hydrogen) atoms. The minimum absolute atomic E-state index is 0.308. The quantitative estimate of drug-likeness (QED) is 0.431.